The second kappa shape index (κ2) is 10.5. The van der Waals surface area contributed by atoms with E-state index in [0.717, 1.165) is 22.9 Å². The first-order valence-corrected chi connectivity index (χ1v) is 13.1. The lowest BCUT2D eigenvalue weighted by atomic mass is 10.2. The molecule has 0 aromatic heterocycles. The molecule has 1 N–H and O–H groups in total. The summed E-state index contributed by atoms with van der Waals surface area (Å²) < 4.78 is 34.0. The van der Waals surface area contributed by atoms with E-state index < -0.39 is 15.9 Å². The first-order chi connectivity index (χ1) is 16.3. The molecule has 4 rings (SSSR count). The van der Waals surface area contributed by atoms with Gasteiger partial charge in [0.05, 0.1) is 16.7 Å². The fraction of sp³-hybridized carbons (Fsp3) is 0.269. The standard InChI is InChI=1S/C26H27ClN2O4S/c1-19-17-20(27)11-16-25(19)29(34(31,32)24-9-3-2-4-10-24)18-26(30)28-21-12-14-23(15-13-21)33-22-7-5-6-8-22/h2-4,9-17,22H,5-8,18H2,1H3,(H,28,30). The Kier molecular flexibility index (Phi) is 7.44. The highest BCUT2D eigenvalue weighted by Gasteiger charge is 2.28. The van der Waals surface area contributed by atoms with Crippen LogP contribution in [0, 0.1) is 6.92 Å². The van der Waals surface area contributed by atoms with Gasteiger partial charge in [0.2, 0.25) is 5.91 Å². The third-order valence-electron chi connectivity index (χ3n) is 5.79. The Labute approximate surface area is 205 Å². The van der Waals surface area contributed by atoms with Gasteiger partial charge >= 0.3 is 0 Å². The Hall–Kier alpha value is -3.03. The second-order valence-corrected chi connectivity index (χ2v) is 10.7. The summed E-state index contributed by atoms with van der Waals surface area (Å²) in [7, 11) is -3.99. The van der Waals surface area contributed by atoms with Gasteiger partial charge in [-0.05, 0) is 92.8 Å². The summed E-state index contributed by atoms with van der Waals surface area (Å²) in [5.74, 6) is 0.299. The third kappa shape index (κ3) is 5.72. The molecule has 0 heterocycles. The van der Waals surface area contributed by atoms with Gasteiger partial charge in [-0.15, -0.1) is 0 Å². The molecular formula is C26H27ClN2O4S. The highest BCUT2D eigenvalue weighted by Crippen LogP contribution is 2.29. The van der Waals surface area contributed by atoms with Gasteiger partial charge in [0.15, 0.2) is 0 Å². The van der Waals surface area contributed by atoms with E-state index in [1.165, 1.54) is 25.0 Å². The van der Waals surface area contributed by atoms with Crippen LogP contribution in [0.3, 0.4) is 0 Å². The molecule has 0 saturated heterocycles. The maximum absolute atomic E-state index is 13.5. The summed E-state index contributed by atoms with van der Waals surface area (Å²) in [5, 5.41) is 3.28. The molecular weight excluding hydrogens is 472 g/mol. The molecule has 1 fully saturated rings. The van der Waals surface area contributed by atoms with Crippen molar-refractivity contribution in [1.82, 2.24) is 0 Å². The van der Waals surface area contributed by atoms with E-state index in [0.29, 0.717) is 22.0 Å². The Morgan fingerprint density at radius 2 is 1.71 bits per heavy atom. The Morgan fingerprint density at radius 1 is 1.03 bits per heavy atom. The van der Waals surface area contributed by atoms with Crippen LogP contribution in [0.4, 0.5) is 11.4 Å². The number of ether oxygens (including phenoxy) is 1. The number of aryl methyl sites for hydroxylation is 1. The molecule has 34 heavy (non-hydrogen) atoms. The maximum atomic E-state index is 13.5. The minimum Gasteiger partial charge on any atom is -0.490 e. The average Bonchev–Trinajstić information content (AvgIpc) is 3.33. The number of benzene rings is 3. The summed E-state index contributed by atoms with van der Waals surface area (Å²) >= 11 is 6.07. The number of hydrogen-bond donors (Lipinski definition) is 1. The number of hydrogen-bond acceptors (Lipinski definition) is 4. The van der Waals surface area contributed by atoms with E-state index in [1.54, 1.807) is 55.5 Å². The van der Waals surface area contributed by atoms with Crippen molar-refractivity contribution < 1.29 is 17.9 Å². The molecule has 0 aliphatic heterocycles. The van der Waals surface area contributed by atoms with Gasteiger partial charge in [0.25, 0.3) is 10.0 Å². The lowest BCUT2D eigenvalue weighted by Gasteiger charge is -2.25. The van der Waals surface area contributed by atoms with Gasteiger partial charge in [-0.2, -0.15) is 0 Å². The van der Waals surface area contributed by atoms with Crippen molar-refractivity contribution in [1.29, 1.82) is 0 Å². The highest BCUT2D eigenvalue weighted by molar-refractivity contribution is 7.92. The molecule has 1 aliphatic carbocycles. The fourth-order valence-electron chi connectivity index (χ4n) is 4.06. The number of nitrogens with zero attached hydrogens (tertiary/aromatic N) is 1. The minimum absolute atomic E-state index is 0.102. The van der Waals surface area contributed by atoms with Crippen LogP contribution < -0.4 is 14.4 Å². The number of sulfonamides is 1. The van der Waals surface area contributed by atoms with Gasteiger partial charge in [-0.1, -0.05) is 29.8 Å². The number of carbonyl (C=O) groups is 1. The van der Waals surface area contributed by atoms with Crippen LogP contribution in [-0.2, 0) is 14.8 Å². The molecule has 0 radical (unpaired) electrons. The van der Waals surface area contributed by atoms with Crippen molar-refractivity contribution in [2.75, 3.05) is 16.2 Å². The van der Waals surface area contributed by atoms with Crippen LogP contribution in [0.25, 0.3) is 0 Å². The van der Waals surface area contributed by atoms with Crippen molar-refractivity contribution >= 4 is 38.9 Å². The third-order valence-corrected chi connectivity index (χ3v) is 7.80. The normalized spacial score (nSPS) is 14.1. The number of anilines is 2. The number of rotatable bonds is 8. The molecule has 0 bridgehead atoms. The van der Waals surface area contributed by atoms with E-state index in [-0.39, 0.29) is 17.5 Å². The van der Waals surface area contributed by atoms with E-state index in [9.17, 15) is 13.2 Å². The molecule has 3 aromatic rings. The minimum atomic E-state index is -3.99. The first-order valence-electron chi connectivity index (χ1n) is 11.2. The summed E-state index contributed by atoms with van der Waals surface area (Å²) in [4.78, 5) is 13.0. The van der Waals surface area contributed by atoms with Crippen LogP contribution in [0.1, 0.15) is 31.2 Å². The molecule has 6 nitrogen and oxygen atoms in total. The number of nitrogens with one attached hydrogen (secondary N) is 1. The molecule has 8 heteroatoms. The van der Waals surface area contributed by atoms with Gasteiger partial charge in [0.1, 0.15) is 12.3 Å². The zero-order valence-corrected chi connectivity index (χ0v) is 20.5. The van der Waals surface area contributed by atoms with Crippen LogP contribution in [0.5, 0.6) is 5.75 Å². The van der Waals surface area contributed by atoms with E-state index in [2.05, 4.69) is 5.32 Å². The molecule has 1 saturated carbocycles. The Bertz CT molecular complexity index is 1240. The summed E-state index contributed by atoms with van der Waals surface area (Å²) in [5.41, 5.74) is 1.60. The van der Waals surface area contributed by atoms with Gasteiger partial charge < -0.3 is 10.1 Å². The predicted octanol–water partition coefficient (Wildman–Crippen LogP) is 5.80. The smallest absolute Gasteiger partial charge is 0.264 e. The first kappa shape index (κ1) is 24.1. The van der Waals surface area contributed by atoms with Crippen molar-refractivity contribution in [3.63, 3.8) is 0 Å². The largest absolute Gasteiger partial charge is 0.490 e. The van der Waals surface area contributed by atoms with Gasteiger partial charge in [-0.25, -0.2) is 8.42 Å². The summed E-state index contributed by atoms with van der Waals surface area (Å²) in [6, 6.07) is 20.1. The zero-order chi connectivity index (χ0) is 24.1. The van der Waals surface area contributed by atoms with Crippen molar-refractivity contribution in [2.24, 2.45) is 0 Å². The maximum Gasteiger partial charge on any atom is 0.264 e. The monoisotopic (exact) mass is 498 g/mol. The lowest BCUT2D eigenvalue weighted by Crippen LogP contribution is -2.38. The van der Waals surface area contributed by atoms with E-state index in [1.807, 2.05) is 12.1 Å². The topological polar surface area (TPSA) is 75.7 Å². The molecule has 1 aliphatic rings. The average molecular weight is 499 g/mol. The quantitative estimate of drug-likeness (QED) is 0.425. The van der Waals surface area contributed by atoms with Crippen LogP contribution in [0.2, 0.25) is 5.02 Å². The molecule has 178 valence electrons. The summed E-state index contributed by atoms with van der Waals surface area (Å²) in [6.07, 6.45) is 4.76. The van der Waals surface area contributed by atoms with E-state index in [4.69, 9.17) is 16.3 Å². The summed E-state index contributed by atoms with van der Waals surface area (Å²) in [6.45, 7) is 1.37. The molecule has 0 spiro atoms. The molecule has 1 amide bonds. The Balaban J connectivity index is 1.53. The van der Waals surface area contributed by atoms with Gasteiger partial charge in [0, 0.05) is 10.7 Å². The molecule has 0 atom stereocenters. The van der Waals surface area contributed by atoms with Crippen molar-refractivity contribution in [3.05, 3.63) is 83.4 Å². The van der Waals surface area contributed by atoms with Crippen molar-refractivity contribution in [3.8, 4) is 5.75 Å². The Morgan fingerprint density at radius 3 is 2.35 bits per heavy atom. The molecule has 3 aromatic carbocycles. The SMILES string of the molecule is Cc1cc(Cl)ccc1N(CC(=O)Nc1ccc(OC2CCCC2)cc1)S(=O)(=O)c1ccccc1. The van der Waals surface area contributed by atoms with Crippen LogP contribution in [-0.4, -0.2) is 27.0 Å². The predicted molar refractivity (Wildman–Crippen MR) is 135 cm³/mol. The number of amides is 1. The number of halogens is 1. The van der Waals surface area contributed by atoms with Gasteiger partial charge in [-0.3, -0.25) is 9.10 Å². The van der Waals surface area contributed by atoms with Crippen LogP contribution in [0.15, 0.2) is 77.7 Å². The molecule has 0 unspecified atom stereocenters. The fourth-order valence-corrected chi connectivity index (χ4v) is 5.80. The highest BCUT2D eigenvalue weighted by atomic mass is 35.5. The van der Waals surface area contributed by atoms with Crippen molar-refractivity contribution in [2.45, 2.75) is 43.6 Å². The zero-order valence-electron chi connectivity index (χ0n) is 18.9. The number of carbonyl (C=O) groups excluding carboxylic acids is 1. The lowest BCUT2D eigenvalue weighted by molar-refractivity contribution is -0.114. The van der Waals surface area contributed by atoms with Crippen LogP contribution >= 0.6 is 11.6 Å². The van der Waals surface area contributed by atoms with E-state index >= 15 is 0 Å². The second-order valence-electron chi connectivity index (χ2n) is 8.35.